The number of aromatic hydroxyl groups is 1. The molecule has 0 aromatic heterocycles. The van der Waals surface area contributed by atoms with E-state index in [1.165, 1.54) is 18.2 Å². The van der Waals surface area contributed by atoms with Crippen molar-refractivity contribution in [3.8, 4) is 5.75 Å². The third-order valence-corrected chi connectivity index (χ3v) is 4.49. The van der Waals surface area contributed by atoms with Gasteiger partial charge in [-0.25, -0.2) is 9.18 Å². The maximum absolute atomic E-state index is 13.4. The van der Waals surface area contributed by atoms with E-state index in [0.717, 1.165) is 19.3 Å². The summed E-state index contributed by atoms with van der Waals surface area (Å²) >= 11 is 0. The zero-order valence-corrected chi connectivity index (χ0v) is 15.4. The highest BCUT2D eigenvalue weighted by Gasteiger charge is 2.29. The molecule has 1 aliphatic rings. The Kier molecular flexibility index (Phi) is 6.27. The Morgan fingerprint density at radius 3 is 2.80 bits per heavy atom. The van der Waals surface area contributed by atoms with Gasteiger partial charge in [-0.2, -0.15) is 0 Å². The zero-order valence-electron chi connectivity index (χ0n) is 15.4. The summed E-state index contributed by atoms with van der Waals surface area (Å²) in [6.45, 7) is 7.94. The molecule has 0 saturated heterocycles. The molecule has 3 N–H and O–H groups in total. The number of hydrogen-bond acceptors (Lipinski definition) is 4. The molecule has 25 heavy (non-hydrogen) atoms. The van der Waals surface area contributed by atoms with E-state index in [1.807, 2.05) is 27.7 Å². The Hall–Kier alpha value is -1.82. The van der Waals surface area contributed by atoms with E-state index < -0.39 is 11.7 Å². The number of amides is 1. The van der Waals surface area contributed by atoms with Gasteiger partial charge in [-0.05, 0) is 64.7 Å². The Morgan fingerprint density at radius 1 is 1.40 bits per heavy atom. The van der Waals surface area contributed by atoms with Crippen molar-refractivity contribution in [1.82, 2.24) is 10.6 Å². The third kappa shape index (κ3) is 5.88. The maximum atomic E-state index is 13.4. The molecule has 6 heteroatoms. The van der Waals surface area contributed by atoms with E-state index >= 15 is 0 Å². The number of phenolic OH excluding ortho intramolecular Hbond substituents is 1. The average Bonchev–Trinajstić information content (AvgIpc) is 2.93. The van der Waals surface area contributed by atoms with Crippen LogP contribution in [0.3, 0.4) is 0 Å². The average molecular weight is 352 g/mol. The molecule has 0 radical (unpaired) electrons. The number of ether oxygens (including phenoxy) is 1. The quantitative estimate of drug-likeness (QED) is 0.752. The molecule has 0 aliphatic heterocycles. The topological polar surface area (TPSA) is 70.6 Å². The highest BCUT2D eigenvalue weighted by atomic mass is 19.1. The van der Waals surface area contributed by atoms with Crippen LogP contribution in [0.5, 0.6) is 5.75 Å². The number of phenols is 1. The molecule has 0 spiro atoms. The van der Waals surface area contributed by atoms with E-state index in [9.17, 15) is 14.3 Å². The molecular formula is C19H29FN2O3. The molecule has 3 unspecified atom stereocenters. The van der Waals surface area contributed by atoms with Crippen LogP contribution in [0.15, 0.2) is 18.2 Å². The molecule has 1 saturated carbocycles. The van der Waals surface area contributed by atoms with Crippen LogP contribution in [0.4, 0.5) is 9.18 Å². The molecular weight excluding hydrogens is 323 g/mol. The van der Waals surface area contributed by atoms with Gasteiger partial charge in [0.25, 0.3) is 0 Å². The molecule has 0 heterocycles. The molecule has 1 aromatic carbocycles. The molecule has 1 amide bonds. The van der Waals surface area contributed by atoms with Crippen molar-refractivity contribution in [2.45, 2.75) is 64.6 Å². The van der Waals surface area contributed by atoms with Crippen LogP contribution in [-0.2, 0) is 4.74 Å². The second-order valence-electron chi connectivity index (χ2n) is 7.77. The number of alkyl carbamates (subject to hydrolysis) is 1. The van der Waals surface area contributed by atoms with E-state index in [4.69, 9.17) is 4.74 Å². The first-order chi connectivity index (χ1) is 11.7. The minimum absolute atomic E-state index is 0.0860. The number of nitrogens with one attached hydrogen (secondary N) is 2. The van der Waals surface area contributed by atoms with Crippen molar-refractivity contribution >= 4 is 6.09 Å². The van der Waals surface area contributed by atoms with Crippen molar-refractivity contribution in [3.63, 3.8) is 0 Å². The number of carbonyl (C=O) groups excluding carboxylic acids is 1. The molecule has 5 nitrogen and oxygen atoms in total. The molecule has 0 bridgehead atoms. The van der Waals surface area contributed by atoms with Gasteiger partial charge in [-0.1, -0.05) is 6.42 Å². The lowest BCUT2D eigenvalue weighted by Crippen LogP contribution is -2.41. The summed E-state index contributed by atoms with van der Waals surface area (Å²) in [5.41, 5.74) is 0.0339. The molecule has 3 atom stereocenters. The summed E-state index contributed by atoms with van der Waals surface area (Å²) in [5.74, 6) is 0.00418. The third-order valence-electron chi connectivity index (χ3n) is 4.49. The summed E-state index contributed by atoms with van der Waals surface area (Å²) < 4.78 is 18.7. The van der Waals surface area contributed by atoms with Crippen LogP contribution in [0.25, 0.3) is 0 Å². The first-order valence-electron chi connectivity index (χ1n) is 8.87. The Balaban J connectivity index is 1.90. The van der Waals surface area contributed by atoms with Crippen molar-refractivity contribution in [1.29, 1.82) is 0 Å². The lowest BCUT2D eigenvalue weighted by atomic mass is 10.0. The number of halogens is 1. The van der Waals surface area contributed by atoms with Crippen molar-refractivity contribution in [2.75, 3.05) is 6.54 Å². The fraction of sp³-hybridized carbons (Fsp3) is 0.632. The van der Waals surface area contributed by atoms with Gasteiger partial charge in [0.05, 0.1) is 0 Å². The highest BCUT2D eigenvalue weighted by Crippen LogP contribution is 2.30. The SMILES string of the molecule is CC(NC1CCCC1CNC(=O)OC(C)(C)C)c1cc(F)ccc1O. The van der Waals surface area contributed by atoms with Crippen LogP contribution in [0, 0.1) is 11.7 Å². The largest absolute Gasteiger partial charge is 0.508 e. The smallest absolute Gasteiger partial charge is 0.407 e. The second-order valence-corrected chi connectivity index (χ2v) is 7.77. The minimum atomic E-state index is -0.513. The predicted octanol–water partition coefficient (Wildman–Crippen LogP) is 3.88. The highest BCUT2D eigenvalue weighted by molar-refractivity contribution is 5.67. The van der Waals surface area contributed by atoms with Gasteiger partial charge in [0.1, 0.15) is 17.2 Å². The number of benzene rings is 1. The minimum Gasteiger partial charge on any atom is -0.508 e. The monoisotopic (exact) mass is 352 g/mol. The summed E-state index contributed by atoms with van der Waals surface area (Å²) in [6, 6.07) is 4.00. The van der Waals surface area contributed by atoms with Crippen LogP contribution in [0.1, 0.15) is 58.6 Å². The summed E-state index contributed by atoms with van der Waals surface area (Å²) in [5, 5.41) is 16.2. The standard InChI is InChI=1S/C19H29FN2O3/c1-12(15-10-14(20)8-9-17(15)23)22-16-7-5-6-13(16)11-21-18(24)25-19(2,3)4/h8-10,12-13,16,22-23H,5-7,11H2,1-4H3,(H,21,24). The van der Waals surface area contributed by atoms with Gasteiger partial charge in [0.15, 0.2) is 0 Å². The Bertz CT molecular complexity index is 601. The van der Waals surface area contributed by atoms with E-state index in [2.05, 4.69) is 10.6 Å². The normalized spacial score (nSPS) is 21.8. The fourth-order valence-corrected chi connectivity index (χ4v) is 3.31. The molecule has 1 aromatic rings. The maximum Gasteiger partial charge on any atom is 0.407 e. The van der Waals surface area contributed by atoms with Gasteiger partial charge >= 0.3 is 6.09 Å². The summed E-state index contributed by atoms with van der Waals surface area (Å²) in [6.07, 6.45) is 2.66. The lowest BCUT2D eigenvalue weighted by Gasteiger charge is -2.26. The van der Waals surface area contributed by atoms with Crippen molar-refractivity contribution in [2.24, 2.45) is 5.92 Å². The first kappa shape index (κ1) is 19.5. The second kappa shape index (κ2) is 8.04. The zero-order chi connectivity index (χ0) is 18.6. The fourth-order valence-electron chi connectivity index (χ4n) is 3.31. The van der Waals surface area contributed by atoms with Crippen LogP contribution < -0.4 is 10.6 Å². The van der Waals surface area contributed by atoms with Crippen molar-refractivity contribution < 1.29 is 19.0 Å². The van der Waals surface area contributed by atoms with E-state index in [-0.39, 0.29) is 29.6 Å². The molecule has 1 fully saturated rings. The molecule has 1 aliphatic carbocycles. The first-order valence-corrected chi connectivity index (χ1v) is 8.87. The molecule has 2 rings (SSSR count). The Morgan fingerprint density at radius 2 is 2.12 bits per heavy atom. The van der Waals surface area contributed by atoms with Crippen LogP contribution in [-0.4, -0.2) is 29.4 Å². The Labute approximate surface area is 149 Å². The summed E-state index contributed by atoms with van der Waals surface area (Å²) in [4.78, 5) is 11.8. The van der Waals surface area contributed by atoms with Gasteiger partial charge < -0.3 is 20.5 Å². The number of hydrogen-bond donors (Lipinski definition) is 3. The van der Waals surface area contributed by atoms with Crippen LogP contribution in [0.2, 0.25) is 0 Å². The van der Waals surface area contributed by atoms with E-state index in [0.29, 0.717) is 12.1 Å². The van der Waals surface area contributed by atoms with Gasteiger partial charge in [0, 0.05) is 24.2 Å². The summed E-state index contributed by atoms with van der Waals surface area (Å²) in [7, 11) is 0. The van der Waals surface area contributed by atoms with Gasteiger partial charge in [0.2, 0.25) is 0 Å². The molecule has 140 valence electrons. The number of rotatable bonds is 5. The van der Waals surface area contributed by atoms with E-state index in [1.54, 1.807) is 0 Å². The van der Waals surface area contributed by atoms with Gasteiger partial charge in [-0.3, -0.25) is 0 Å². The van der Waals surface area contributed by atoms with Gasteiger partial charge in [-0.15, -0.1) is 0 Å². The van der Waals surface area contributed by atoms with Crippen LogP contribution >= 0.6 is 0 Å². The predicted molar refractivity (Wildman–Crippen MR) is 95.0 cm³/mol. The lowest BCUT2D eigenvalue weighted by molar-refractivity contribution is 0.0517. The van der Waals surface area contributed by atoms with Crippen molar-refractivity contribution in [3.05, 3.63) is 29.6 Å². The number of carbonyl (C=O) groups is 1.